The van der Waals surface area contributed by atoms with E-state index in [9.17, 15) is 14.9 Å². The molecular weight excluding hydrogens is 300 g/mol. The summed E-state index contributed by atoms with van der Waals surface area (Å²) in [6.07, 6.45) is 0. The zero-order valence-electron chi connectivity index (χ0n) is 13.4. The minimum atomic E-state index is -0.522. The Morgan fingerprint density at radius 1 is 1.57 bits per heavy atom. The molecule has 8 heteroatoms. The Hall–Kier alpha value is -2.19. The standard InChI is InChI=1S/C15H22N4O4/c1-3-23-12-4-5-13(14(8-12)19(21)22)17-15(20)10-18-7-6-16-9-11(18)2/h4-5,8,11,16H,3,6-7,9-10H2,1-2H3,(H,17,20)/t11-/m1/s1. The molecule has 0 spiro atoms. The SMILES string of the molecule is CCOc1ccc(NC(=O)CN2CCNC[C@H]2C)c([N+](=O)[O-])c1. The largest absolute Gasteiger partial charge is 0.494 e. The summed E-state index contributed by atoms with van der Waals surface area (Å²) in [4.78, 5) is 24.9. The number of piperazine rings is 1. The molecule has 1 heterocycles. The Morgan fingerprint density at radius 2 is 2.35 bits per heavy atom. The number of rotatable bonds is 6. The third-order valence-corrected chi connectivity index (χ3v) is 3.74. The molecule has 0 saturated carbocycles. The van der Waals surface area contributed by atoms with Crippen molar-refractivity contribution in [2.45, 2.75) is 19.9 Å². The van der Waals surface area contributed by atoms with Gasteiger partial charge in [0.2, 0.25) is 5.91 Å². The van der Waals surface area contributed by atoms with Crippen LogP contribution in [-0.2, 0) is 4.79 Å². The Balaban J connectivity index is 2.06. The molecule has 0 aromatic heterocycles. The van der Waals surface area contributed by atoms with E-state index in [1.165, 1.54) is 12.1 Å². The van der Waals surface area contributed by atoms with Crippen LogP contribution in [-0.4, -0.2) is 54.6 Å². The van der Waals surface area contributed by atoms with Gasteiger partial charge in [0.1, 0.15) is 11.4 Å². The van der Waals surface area contributed by atoms with Gasteiger partial charge < -0.3 is 15.4 Å². The normalized spacial score (nSPS) is 18.4. The first kappa shape index (κ1) is 17.2. The van der Waals surface area contributed by atoms with Crippen LogP contribution in [0.2, 0.25) is 0 Å². The van der Waals surface area contributed by atoms with E-state index in [1.807, 2.05) is 11.8 Å². The first-order chi connectivity index (χ1) is 11.0. The fourth-order valence-corrected chi connectivity index (χ4v) is 2.52. The Labute approximate surface area is 134 Å². The molecule has 0 radical (unpaired) electrons. The van der Waals surface area contributed by atoms with Crippen molar-refractivity contribution in [2.24, 2.45) is 0 Å². The number of nitro groups is 1. The third kappa shape index (κ3) is 4.64. The van der Waals surface area contributed by atoms with Crippen LogP contribution in [0.1, 0.15) is 13.8 Å². The van der Waals surface area contributed by atoms with Crippen molar-refractivity contribution in [3.8, 4) is 5.75 Å². The van der Waals surface area contributed by atoms with Gasteiger partial charge in [0.15, 0.2) is 0 Å². The summed E-state index contributed by atoms with van der Waals surface area (Å²) in [6.45, 7) is 6.92. The summed E-state index contributed by atoms with van der Waals surface area (Å²) in [5.74, 6) is 0.152. The van der Waals surface area contributed by atoms with Crippen LogP contribution < -0.4 is 15.4 Å². The average Bonchev–Trinajstić information content (AvgIpc) is 2.51. The molecule has 8 nitrogen and oxygen atoms in total. The van der Waals surface area contributed by atoms with Gasteiger partial charge in [-0.2, -0.15) is 0 Å². The number of benzene rings is 1. The van der Waals surface area contributed by atoms with E-state index >= 15 is 0 Å². The van der Waals surface area contributed by atoms with E-state index in [1.54, 1.807) is 13.0 Å². The number of carbonyl (C=O) groups is 1. The lowest BCUT2D eigenvalue weighted by Crippen LogP contribution is -2.52. The van der Waals surface area contributed by atoms with Crippen molar-refractivity contribution in [3.63, 3.8) is 0 Å². The number of ether oxygens (including phenoxy) is 1. The van der Waals surface area contributed by atoms with Gasteiger partial charge in [-0.3, -0.25) is 19.8 Å². The second kappa shape index (κ2) is 7.89. The number of nitro benzene ring substituents is 1. The van der Waals surface area contributed by atoms with Gasteiger partial charge in [0.25, 0.3) is 5.69 Å². The molecule has 23 heavy (non-hydrogen) atoms. The maximum absolute atomic E-state index is 12.2. The predicted molar refractivity (Wildman–Crippen MR) is 86.8 cm³/mol. The van der Waals surface area contributed by atoms with Gasteiger partial charge in [-0.1, -0.05) is 0 Å². The van der Waals surface area contributed by atoms with Crippen LogP contribution in [0.15, 0.2) is 18.2 Å². The van der Waals surface area contributed by atoms with Crippen LogP contribution in [0.5, 0.6) is 5.75 Å². The maximum atomic E-state index is 12.2. The number of hydrogen-bond donors (Lipinski definition) is 2. The van der Waals surface area contributed by atoms with Crippen molar-refractivity contribution < 1.29 is 14.5 Å². The number of carbonyl (C=O) groups excluding carboxylic acids is 1. The van der Waals surface area contributed by atoms with E-state index in [4.69, 9.17) is 4.74 Å². The molecule has 1 saturated heterocycles. The lowest BCUT2D eigenvalue weighted by molar-refractivity contribution is -0.384. The first-order valence-corrected chi connectivity index (χ1v) is 7.67. The van der Waals surface area contributed by atoms with Crippen LogP contribution in [0.25, 0.3) is 0 Å². The molecule has 0 bridgehead atoms. The summed E-state index contributed by atoms with van der Waals surface area (Å²) in [5, 5.41) is 17.1. The predicted octanol–water partition coefficient (Wildman–Crippen LogP) is 1.23. The van der Waals surface area contributed by atoms with Crippen LogP contribution in [0.4, 0.5) is 11.4 Å². The molecule has 1 aliphatic rings. The fourth-order valence-electron chi connectivity index (χ4n) is 2.52. The van der Waals surface area contributed by atoms with Crippen LogP contribution in [0, 0.1) is 10.1 Å². The first-order valence-electron chi connectivity index (χ1n) is 7.67. The quantitative estimate of drug-likeness (QED) is 0.604. The van der Waals surface area contributed by atoms with E-state index < -0.39 is 4.92 Å². The average molecular weight is 322 g/mol. The van der Waals surface area contributed by atoms with Crippen LogP contribution >= 0.6 is 0 Å². The molecule has 1 atom stereocenters. The Bertz CT molecular complexity index is 579. The lowest BCUT2D eigenvalue weighted by atomic mass is 10.2. The van der Waals surface area contributed by atoms with Crippen molar-refractivity contribution >= 4 is 17.3 Å². The molecule has 1 aromatic rings. The van der Waals surface area contributed by atoms with Gasteiger partial charge in [-0.05, 0) is 26.0 Å². The van der Waals surface area contributed by atoms with Crippen molar-refractivity contribution in [1.82, 2.24) is 10.2 Å². The third-order valence-electron chi connectivity index (χ3n) is 3.74. The van der Waals surface area contributed by atoms with Gasteiger partial charge >= 0.3 is 0 Å². The van der Waals surface area contributed by atoms with Gasteiger partial charge in [-0.15, -0.1) is 0 Å². The minimum absolute atomic E-state index is 0.169. The fraction of sp³-hybridized carbons (Fsp3) is 0.533. The molecule has 1 aromatic carbocycles. The van der Waals surface area contributed by atoms with Gasteiger partial charge in [0.05, 0.1) is 24.1 Å². The number of anilines is 1. The highest BCUT2D eigenvalue weighted by molar-refractivity contribution is 5.94. The molecular formula is C15H22N4O4. The summed E-state index contributed by atoms with van der Waals surface area (Å²) < 4.78 is 5.26. The molecule has 2 N–H and O–H groups in total. The van der Waals surface area contributed by atoms with E-state index in [0.717, 1.165) is 19.6 Å². The number of nitrogens with one attached hydrogen (secondary N) is 2. The minimum Gasteiger partial charge on any atom is -0.494 e. The highest BCUT2D eigenvalue weighted by Crippen LogP contribution is 2.29. The summed E-state index contributed by atoms with van der Waals surface area (Å²) >= 11 is 0. The monoisotopic (exact) mass is 322 g/mol. The maximum Gasteiger partial charge on any atom is 0.296 e. The van der Waals surface area contributed by atoms with E-state index in [0.29, 0.717) is 12.4 Å². The summed E-state index contributed by atoms with van der Waals surface area (Å²) in [6, 6.07) is 4.69. The van der Waals surface area contributed by atoms with Crippen LogP contribution in [0.3, 0.4) is 0 Å². The smallest absolute Gasteiger partial charge is 0.296 e. The van der Waals surface area contributed by atoms with Crippen molar-refractivity contribution in [3.05, 3.63) is 28.3 Å². The topological polar surface area (TPSA) is 96.7 Å². The Morgan fingerprint density at radius 3 is 3.00 bits per heavy atom. The molecule has 0 unspecified atom stereocenters. The Kier molecular flexibility index (Phi) is 5.89. The lowest BCUT2D eigenvalue weighted by Gasteiger charge is -2.33. The second-order valence-electron chi connectivity index (χ2n) is 5.44. The molecule has 0 aliphatic carbocycles. The van der Waals surface area contributed by atoms with Crippen molar-refractivity contribution in [1.29, 1.82) is 0 Å². The molecule has 1 aliphatic heterocycles. The van der Waals surface area contributed by atoms with Crippen molar-refractivity contribution in [2.75, 3.05) is 38.1 Å². The van der Waals surface area contributed by atoms with Gasteiger partial charge in [0, 0.05) is 25.7 Å². The van der Waals surface area contributed by atoms with Gasteiger partial charge in [-0.25, -0.2) is 0 Å². The summed E-state index contributed by atoms with van der Waals surface area (Å²) in [5.41, 5.74) is 0.0175. The highest BCUT2D eigenvalue weighted by atomic mass is 16.6. The van der Waals surface area contributed by atoms with E-state index in [-0.39, 0.29) is 29.9 Å². The zero-order chi connectivity index (χ0) is 16.8. The molecule has 126 valence electrons. The van der Waals surface area contributed by atoms with E-state index in [2.05, 4.69) is 10.6 Å². The second-order valence-corrected chi connectivity index (χ2v) is 5.44. The zero-order valence-corrected chi connectivity index (χ0v) is 13.4. The highest BCUT2D eigenvalue weighted by Gasteiger charge is 2.22. The number of hydrogen-bond acceptors (Lipinski definition) is 6. The molecule has 2 rings (SSSR count). The molecule has 1 amide bonds. The summed E-state index contributed by atoms with van der Waals surface area (Å²) in [7, 11) is 0. The number of nitrogens with zero attached hydrogens (tertiary/aromatic N) is 2. The molecule has 1 fully saturated rings. The number of amides is 1.